The number of methoxy groups -OCH3 is 1. The highest BCUT2D eigenvalue weighted by Crippen LogP contribution is 2.34. The summed E-state index contributed by atoms with van der Waals surface area (Å²) in [6, 6.07) is 8.54. The largest absolute Gasteiger partial charge is 0.496 e. The summed E-state index contributed by atoms with van der Waals surface area (Å²) in [5.41, 5.74) is 3.89. The summed E-state index contributed by atoms with van der Waals surface area (Å²) < 4.78 is 13.7. The Bertz CT molecular complexity index is 723. The Kier molecular flexibility index (Phi) is 4.77. The first-order valence-corrected chi connectivity index (χ1v) is 9.20. The minimum absolute atomic E-state index is 0.250. The van der Waals surface area contributed by atoms with Crippen molar-refractivity contribution in [1.29, 1.82) is 0 Å². The smallest absolute Gasteiger partial charge is 0.123 e. The fourth-order valence-corrected chi connectivity index (χ4v) is 3.76. The fraction of sp³-hybridized carbons (Fsp3) is 0.550. The van der Waals surface area contributed by atoms with Gasteiger partial charge in [-0.05, 0) is 36.8 Å². The van der Waals surface area contributed by atoms with Crippen LogP contribution < -0.4 is 4.74 Å². The Hall–Kier alpha value is -1.85. The van der Waals surface area contributed by atoms with E-state index in [9.17, 15) is 0 Å². The van der Waals surface area contributed by atoms with Crippen LogP contribution >= 0.6 is 0 Å². The van der Waals surface area contributed by atoms with Crippen molar-refractivity contribution in [1.82, 2.24) is 14.7 Å². The molecular weight excluding hydrogens is 314 g/mol. The van der Waals surface area contributed by atoms with Crippen LogP contribution in [0.3, 0.4) is 0 Å². The molecule has 5 nitrogen and oxygen atoms in total. The Morgan fingerprint density at radius 1 is 1.20 bits per heavy atom. The predicted octanol–water partition coefficient (Wildman–Crippen LogP) is 2.95. The van der Waals surface area contributed by atoms with E-state index < -0.39 is 0 Å². The number of aryl methyl sites for hydroxylation is 1. The maximum absolute atomic E-state index is 6.09. The van der Waals surface area contributed by atoms with Crippen LogP contribution in [0.1, 0.15) is 35.7 Å². The molecular formula is C20H27N3O2. The van der Waals surface area contributed by atoms with Crippen LogP contribution in [0, 0.1) is 5.92 Å². The molecule has 2 aliphatic rings. The number of hydrogen-bond acceptors (Lipinski definition) is 4. The lowest BCUT2D eigenvalue weighted by atomic mass is 9.99. The number of benzene rings is 1. The van der Waals surface area contributed by atoms with Gasteiger partial charge in [-0.15, -0.1) is 0 Å². The van der Waals surface area contributed by atoms with Crippen molar-refractivity contribution >= 4 is 0 Å². The molecule has 0 amide bonds. The lowest BCUT2D eigenvalue weighted by Crippen LogP contribution is -2.38. The maximum atomic E-state index is 6.09. The number of fused-ring (bicyclic) bond motifs is 1. The van der Waals surface area contributed by atoms with Gasteiger partial charge in [-0.3, -0.25) is 9.58 Å². The van der Waals surface area contributed by atoms with Gasteiger partial charge >= 0.3 is 0 Å². The molecule has 1 aliphatic carbocycles. The number of para-hydroxylation sites is 1. The molecule has 1 atom stereocenters. The standard InChI is InChI=1S/C20H27N3O2/c1-22-20-16(11-21-22)9-10-23(18(20)14-25-13-15-7-8-15)12-17-5-3-4-6-19(17)24-2/h3-6,11,15,18H,7-10,12-14H2,1-2H3. The third-order valence-corrected chi connectivity index (χ3v) is 5.38. The molecule has 0 radical (unpaired) electrons. The average molecular weight is 341 g/mol. The van der Waals surface area contributed by atoms with Gasteiger partial charge in [-0.1, -0.05) is 18.2 Å². The summed E-state index contributed by atoms with van der Waals surface area (Å²) >= 11 is 0. The number of ether oxygens (including phenoxy) is 2. The summed E-state index contributed by atoms with van der Waals surface area (Å²) in [6.45, 7) is 3.52. The molecule has 134 valence electrons. The summed E-state index contributed by atoms with van der Waals surface area (Å²) in [5.74, 6) is 1.74. The molecule has 0 spiro atoms. The maximum Gasteiger partial charge on any atom is 0.123 e. The molecule has 4 rings (SSSR count). The normalized spacial score (nSPS) is 20.5. The summed E-state index contributed by atoms with van der Waals surface area (Å²) in [5, 5.41) is 4.49. The number of hydrogen-bond donors (Lipinski definition) is 0. The zero-order valence-electron chi connectivity index (χ0n) is 15.1. The molecule has 2 heterocycles. The van der Waals surface area contributed by atoms with E-state index in [4.69, 9.17) is 9.47 Å². The Morgan fingerprint density at radius 2 is 2.04 bits per heavy atom. The molecule has 5 heteroatoms. The molecule has 2 aromatic rings. The zero-order valence-corrected chi connectivity index (χ0v) is 15.1. The second kappa shape index (κ2) is 7.18. The van der Waals surface area contributed by atoms with Gasteiger partial charge in [0.25, 0.3) is 0 Å². The molecule has 1 aliphatic heterocycles. The first-order chi connectivity index (χ1) is 12.3. The molecule has 1 unspecified atom stereocenters. The summed E-state index contributed by atoms with van der Waals surface area (Å²) in [6.07, 6.45) is 5.71. The number of aromatic nitrogens is 2. The average Bonchev–Trinajstić information content (AvgIpc) is 3.38. The van der Waals surface area contributed by atoms with Gasteiger partial charge in [-0.2, -0.15) is 5.10 Å². The van der Waals surface area contributed by atoms with Crippen LogP contribution in [-0.2, 0) is 24.8 Å². The highest BCUT2D eigenvalue weighted by molar-refractivity contribution is 5.34. The lowest BCUT2D eigenvalue weighted by molar-refractivity contribution is 0.0410. The van der Waals surface area contributed by atoms with E-state index in [1.54, 1.807) is 7.11 Å². The molecule has 1 fully saturated rings. The monoisotopic (exact) mass is 341 g/mol. The van der Waals surface area contributed by atoms with Gasteiger partial charge in [0.2, 0.25) is 0 Å². The first-order valence-electron chi connectivity index (χ1n) is 9.20. The van der Waals surface area contributed by atoms with Crippen LogP contribution in [0.2, 0.25) is 0 Å². The Labute approximate surface area is 149 Å². The molecule has 0 N–H and O–H groups in total. The SMILES string of the molecule is COc1ccccc1CN1CCc2cnn(C)c2C1COCC1CC1. The van der Waals surface area contributed by atoms with Crippen LogP contribution in [-0.4, -0.2) is 41.5 Å². The fourth-order valence-electron chi connectivity index (χ4n) is 3.76. The quantitative estimate of drug-likeness (QED) is 0.776. The van der Waals surface area contributed by atoms with E-state index in [2.05, 4.69) is 22.1 Å². The van der Waals surface area contributed by atoms with Crippen molar-refractivity contribution in [2.75, 3.05) is 26.9 Å². The van der Waals surface area contributed by atoms with Gasteiger partial charge in [0, 0.05) is 32.3 Å². The predicted molar refractivity (Wildman–Crippen MR) is 96.6 cm³/mol. The van der Waals surface area contributed by atoms with Crippen molar-refractivity contribution in [2.45, 2.75) is 31.8 Å². The van der Waals surface area contributed by atoms with E-state index in [0.29, 0.717) is 0 Å². The number of nitrogens with zero attached hydrogens (tertiary/aromatic N) is 3. The van der Waals surface area contributed by atoms with E-state index in [0.717, 1.165) is 44.4 Å². The summed E-state index contributed by atoms with van der Waals surface area (Å²) in [7, 11) is 3.78. The van der Waals surface area contributed by atoms with Crippen molar-refractivity contribution in [3.05, 3.63) is 47.3 Å². The van der Waals surface area contributed by atoms with Crippen LogP contribution in [0.25, 0.3) is 0 Å². The second-order valence-corrected chi connectivity index (χ2v) is 7.21. The lowest BCUT2D eigenvalue weighted by Gasteiger charge is -2.36. The van der Waals surface area contributed by atoms with Gasteiger partial charge in [0.1, 0.15) is 5.75 Å². The van der Waals surface area contributed by atoms with Crippen LogP contribution in [0.4, 0.5) is 0 Å². The highest BCUT2D eigenvalue weighted by atomic mass is 16.5. The highest BCUT2D eigenvalue weighted by Gasteiger charge is 2.32. The van der Waals surface area contributed by atoms with Crippen LogP contribution in [0.15, 0.2) is 30.5 Å². The van der Waals surface area contributed by atoms with Crippen molar-refractivity contribution in [3.63, 3.8) is 0 Å². The zero-order chi connectivity index (χ0) is 17.2. The van der Waals surface area contributed by atoms with Crippen molar-refractivity contribution < 1.29 is 9.47 Å². The van der Waals surface area contributed by atoms with Crippen molar-refractivity contribution in [3.8, 4) is 5.75 Å². The minimum atomic E-state index is 0.250. The van der Waals surface area contributed by atoms with E-state index in [1.165, 1.54) is 29.7 Å². The topological polar surface area (TPSA) is 39.5 Å². The second-order valence-electron chi connectivity index (χ2n) is 7.21. The van der Waals surface area contributed by atoms with Gasteiger partial charge in [-0.25, -0.2) is 0 Å². The van der Waals surface area contributed by atoms with Gasteiger partial charge in [0.15, 0.2) is 0 Å². The van der Waals surface area contributed by atoms with E-state index in [1.807, 2.05) is 30.1 Å². The van der Waals surface area contributed by atoms with Crippen LogP contribution in [0.5, 0.6) is 5.75 Å². The minimum Gasteiger partial charge on any atom is -0.496 e. The Morgan fingerprint density at radius 3 is 2.84 bits per heavy atom. The molecule has 25 heavy (non-hydrogen) atoms. The first kappa shape index (κ1) is 16.6. The third kappa shape index (κ3) is 3.58. The molecule has 0 bridgehead atoms. The van der Waals surface area contributed by atoms with Crippen molar-refractivity contribution in [2.24, 2.45) is 13.0 Å². The molecule has 0 saturated heterocycles. The van der Waals surface area contributed by atoms with Gasteiger partial charge in [0.05, 0.1) is 31.6 Å². The van der Waals surface area contributed by atoms with Gasteiger partial charge < -0.3 is 9.47 Å². The molecule has 1 saturated carbocycles. The number of rotatable bonds is 7. The van der Waals surface area contributed by atoms with E-state index in [-0.39, 0.29) is 6.04 Å². The summed E-state index contributed by atoms with van der Waals surface area (Å²) in [4.78, 5) is 2.51. The molecule has 1 aromatic carbocycles. The van der Waals surface area contributed by atoms with E-state index >= 15 is 0 Å². The molecule has 1 aromatic heterocycles. The Balaban J connectivity index is 1.55. The third-order valence-electron chi connectivity index (χ3n) is 5.38.